The fourth-order valence-corrected chi connectivity index (χ4v) is 2.06. The van der Waals surface area contributed by atoms with Crippen LogP contribution in [0.1, 0.15) is 38.7 Å². The number of ether oxygens (including phenoxy) is 1. The summed E-state index contributed by atoms with van der Waals surface area (Å²) >= 11 is 0. The molecule has 3 N–H and O–H groups in total. The van der Waals surface area contributed by atoms with E-state index in [1.807, 2.05) is 12.1 Å². The van der Waals surface area contributed by atoms with Crippen molar-refractivity contribution in [2.75, 3.05) is 7.11 Å². The highest BCUT2D eigenvalue weighted by Crippen LogP contribution is 2.12. The quantitative estimate of drug-likeness (QED) is 0.745. The highest BCUT2D eigenvalue weighted by Gasteiger charge is 2.14. The lowest BCUT2D eigenvalue weighted by molar-refractivity contribution is 0.392. The van der Waals surface area contributed by atoms with Crippen LogP contribution in [-0.2, 0) is 6.54 Å². The first-order valence-corrected chi connectivity index (χ1v) is 6.83. The van der Waals surface area contributed by atoms with Crippen molar-refractivity contribution in [3.63, 3.8) is 0 Å². The summed E-state index contributed by atoms with van der Waals surface area (Å²) in [5, 5.41) is 3.56. The number of hydrogen-bond acceptors (Lipinski definition) is 3. The zero-order chi connectivity index (χ0) is 13.4. The predicted octanol–water partition coefficient (Wildman–Crippen LogP) is 2.69. The smallest absolute Gasteiger partial charge is 0.118 e. The molecule has 18 heavy (non-hydrogen) atoms. The molecule has 1 aromatic rings. The number of methoxy groups -OCH3 is 1. The van der Waals surface area contributed by atoms with Crippen LogP contribution >= 0.6 is 0 Å². The molecule has 0 saturated heterocycles. The Hall–Kier alpha value is -1.06. The molecule has 2 atom stereocenters. The van der Waals surface area contributed by atoms with Gasteiger partial charge in [0, 0.05) is 18.6 Å². The van der Waals surface area contributed by atoms with E-state index in [1.165, 1.54) is 5.56 Å². The van der Waals surface area contributed by atoms with E-state index in [-0.39, 0.29) is 6.04 Å². The highest BCUT2D eigenvalue weighted by molar-refractivity contribution is 5.27. The first-order chi connectivity index (χ1) is 8.71. The second-order valence-corrected chi connectivity index (χ2v) is 4.70. The molecular weight excluding hydrogens is 224 g/mol. The normalized spacial score (nSPS) is 14.2. The standard InChI is InChI=1S/C15H26N2O/c1-4-6-15(14(16)5-2)17-11-12-7-9-13(18-3)10-8-12/h7-10,14-15,17H,4-6,11,16H2,1-3H3. The molecule has 0 radical (unpaired) electrons. The maximum Gasteiger partial charge on any atom is 0.118 e. The van der Waals surface area contributed by atoms with Crippen LogP contribution in [0.15, 0.2) is 24.3 Å². The second kappa shape index (κ2) is 8.11. The van der Waals surface area contributed by atoms with Crippen molar-refractivity contribution >= 4 is 0 Å². The maximum atomic E-state index is 6.13. The molecule has 0 aliphatic carbocycles. The van der Waals surface area contributed by atoms with Crippen molar-refractivity contribution in [2.45, 2.75) is 51.7 Å². The van der Waals surface area contributed by atoms with E-state index in [9.17, 15) is 0 Å². The third kappa shape index (κ3) is 4.67. The fourth-order valence-electron chi connectivity index (χ4n) is 2.06. The van der Waals surface area contributed by atoms with Gasteiger partial charge in [0.15, 0.2) is 0 Å². The van der Waals surface area contributed by atoms with Gasteiger partial charge < -0.3 is 15.8 Å². The summed E-state index contributed by atoms with van der Waals surface area (Å²) in [7, 11) is 1.69. The van der Waals surface area contributed by atoms with Gasteiger partial charge in [-0.1, -0.05) is 32.4 Å². The minimum Gasteiger partial charge on any atom is -0.497 e. The van der Waals surface area contributed by atoms with E-state index in [0.717, 1.165) is 31.6 Å². The zero-order valence-corrected chi connectivity index (χ0v) is 11.8. The average molecular weight is 250 g/mol. The summed E-state index contributed by atoms with van der Waals surface area (Å²) in [5.41, 5.74) is 7.39. The fraction of sp³-hybridized carbons (Fsp3) is 0.600. The van der Waals surface area contributed by atoms with Crippen LogP contribution in [0.2, 0.25) is 0 Å². The summed E-state index contributed by atoms with van der Waals surface area (Å²) < 4.78 is 5.15. The second-order valence-electron chi connectivity index (χ2n) is 4.70. The molecule has 0 fully saturated rings. The van der Waals surface area contributed by atoms with Gasteiger partial charge in [-0.15, -0.1) is 0 Å². The van der Waals surface area contributed by atoms with Gasteiger partial charge >= 0.3 is 0 Å². The van der Waals surface area contributed by atoms with Crippen LogP contribution in [0.4, 0.5) is 0 Å². The zero-order valence-electron chi connectivity index (χ0n) is 11.8. The molecule has 0 heterocycles. The van der Waals surface area contributed by atoms with Gasteiger partial charge in [0.25, 0.3) is 0 Å². The number of nitrogens with one attached hydrogen (secondary N) is 1. The lowest BCUT2D eigenvalue weighted by Gasteiger charge is -2.24. The molecule has 0 bridgehead atoms. The van der Waals surface area contributed by atoms with Crippen molar-refractivity contribution in [1.29, 1.82) is 0 Å². The molecule has 0 aromatic heterocycles. The van der Waals surface area contributed by atoms with Crippen molar-refractivity contribution in [3.8, 4) is 5.75 Å². The number of hydrogen-bond donors (Lipinski definition) is 2. The molecule has 2 unspecified atom stereocenters. The summed E-state index contributed by atoms with van der Waals surface area (Å²) in [5.74, 6) is 0.897. The van der Waals surface area contributed by atoms with Crippen LogP contribution in [0, 0.1) is 0 Å². The van der Waals surface area contributed by atoms with Gasteiger partial charge in [0.05, 0.1) is 7.11 Å². The third-order valence-corrected chi connectivity index (χ3v) is 3.32. The van der Waals surface area contributed by atoms with E-state index in [2.05, 4.69) is 31.3 Å². The van der Waals surface area contributed by atoms with Crippen LogP contribution in [0.3, 0.4) is 0 Å². The van der Waals surface area contributed by atoms with E-state index in [4.69, 9.17) is 10.5 Å². The lowest BCUT2D eigenvalue weighted by atomic mass is 10.0. The molecule has 3 heteroatoms. The van der Waals surface area contributed by atoms with Gasteiger partial charge in [-0.3, -0.25) is 0 Å². The highest BCUT2D eigenvalue weighted by atomic mass is 16.5. The Morgan fingerprint density at radius 2 is 1.89 bits per heavy atom. The molecule has 1 aromatic carbocycles. The first kappa shape index (κ1) is 15.0. The van der Waals surface area contributed by atoms with Crippen LogP contribution < -0.4 is 15.8 Å². The number of rotatable bonds is 8. The summed E-state index contributed by atoms with van der Waals surface area (Å²) in [6.07, 6.45) is 3.30. The summed E-state index contributed by atoms with van der Waals surface area (Å²) in [4.78, 5) is 0. The molecule has 0 aliphatic heterocycles. The molecule has 0 aliphatic rings. The monoisotopic (exact) mass is 250 g/mol. The molecule has 102 valence electrons. The molecular formula is C15H26N2O. The summed E-state index contributed by atoms with van der Waals surface area (Å²) in [6.45, 7) is 5.20. The Morgan fingerprint density at radius 3 is 2.39 bits per heavy atom. The number of nitrogens with two attached hydrogens (primary N) is 1. The van der Waals surface area contributed by atoms with Crippen molar-refractivity contribution in [3.05, 3.63) is 29.8 Å². The van der Waals surface area contributed by atoms with Gasteiger partial charge in [-0.2, -0.15) is 0 Å². The Kier molecular flexibility index (Phi) is 6.76. The van der Waals surface area contributed by atoms with Gasteiger partial charge in [-0.25, -0.2) is 0 Å². The lowest BCUT2D eigenvalue weighted by Crippen LogP contribution is -2.44. The van der Waals surface area contributed by atoms with Crippen LogP contribution in [0.25, 0.3) is 0 Å². The van der Waals surface area contributed by atoms with Crippen molar-refractivity contribution < 1.29 is 4.74 Å². The van der Waals surface area contributed by atoms with Crippen LogP contribution in [0.5, 0.6) is 5.75 Å². The Balaban J connectivity index is 2.49. The van der Waals surface area contributed by atoms with E-state index in [1.54, 1.807) is 7.11 Å². The Labute approximate surface area is 111 Å². The van der Waals surface area contributed by atoms with Crippen molar-refractivity contribution in [1.82, 2.24) is 5.32 Å². The number of benzene rings is 1. The minimum absolute atomic E-state index is 0.239. The minimum atomic E-state index is 0.239. The molecule has 0 saturated carbocycles. The Morgan fingerprint density at radius 1 is 1.22 bits per heavy atom. The molecule has 0 spiro atoms. The first-order valence-electron chi connectivity index (χ1n) is 6.83. The molecule has 0 amide bonds. The largest absolute Gasteiger partial charge is 0.497 e. The average Bonchev–Trinajstić information content (AvgIpc) is 2.43. The van der Waals surface area contributed by atoms with Gasteiger partial charge in [0.1, 0.15) is 5.75 Å². The van der Waals surface area contributed by atoms with Crippen molar-refractivity contribution in [2.24, 2.45) is 5.73 Å². The Bertz CT molecular complexity index is 324. The van der Waals surface area contributed by atoms with E-state index >= 15 is 0 Å². The SMILES string of the molecule is CCCC(NCc1ccc(OC)cc1)C(N)CC. The molecule has 1 rings (SSSR count). The maximum absolute atomic E-state index is 6.13. The van der Waals surface area contributed by atoms with Crippen LogP contribution in [-0.4, -0.2) is 19.2 Å². The predicted molar refractivity (Wildman–Crippen MR) is 76.8 cm³/mol. The van der Waals surface area contributed by atoms with E-state index < -0.39 is 0 Å². The van der Waals surface area contributed by atoms with E-state index in [0.29, 0.717) is 6.04 Å². The van der Waals surface area contributed by atoms with Gasteiger partial charge in [-0.05, 0) is 30.5 Å². The van der Waals surface area contributed by atoms with Gasteiger partial charge in [0.2, 0.25) is 0 Å². The molecule has 3 nitrogen and oxygen atoms in total. The topological polar surface area (TPSA) is 47.3 Å². The third-order valence-electron chi connectivity index (χ3n) is 3.32. The summed E-state index contributed by atoms with van der Waals surface area (Å²) in [6, 6.07) is 8.81.